The van der Waals surface area contributed by atoms with Crippen LogP contribution in [0.2, 0.25) is 0 Å². The van der Waals surface area contributed by atoms with E-state index in [0.29, 0.717) is 29.4 Å². The lowest BCUT2D eigenvalue weighted by Gasteiger charge is -2.16. The molecule has 0 aliphatic carbocycles. The van der Waals surface area contributed by atoms with Crippen molar-refractivity contribution in [3.05, 3.63) is 84.1 Å². The third-order valence-electron chi connectivity index (χ3n) is 6.00. The van der Waals surface area contributed by atoms with Crippen molar-refractivity contribution in [3.63, 3.8) is 0 Å². The molecule has 0 spiro atoms. The van der Waals surface area contributed by atoms with Crippen molar-refractivity contribution in [2.24, 2.45) is 0 Å². The fourth-order valence-corrected chi connectivity index (χ4v) is 4.21. The molecule has 1 aliphatic rings. The number of carbonyl (C=O) groups excluding carboxylic acids is 1. The summed E-state index contributed by atoms with van der Waals surface area (Å²) in [5.74, 6) is 1.70. The van der Waals surface area contributed by atoms with Crippen molar-refractivity contribution < 1.29 is 28.3 Å². The molecule has 7 nitrogen and oxygen atoms in total. The van der Waals surface area contributed by atoms with Crippen LogP contribution in [-0.2, 0) is 11.3 Å². The van der Waals surface area contributed by atoms with Gasteiger partial charge in [0.2, 0.25) is 12.3 Å². The lowest BCUT2D eigenvalue weighted by molar-refractivity contribution is -0.691. The number of hydrogen-bond acceptors (Lipinski definition) is 6. The van der Waals surface area contributed by atoms with Crippen molar-refractivity contribution in [2.75, 3.05) is 18.7 Å². The predicted molar refractivity (Wildman–Crippen MR) is 137 cm³/mol. The van der Waals surface area contributed by atoms with E-state index in [4.69, 9.17) is 18.9 Å². The minimum Gasteiger partial charge on any atom is -0.489 e. The second kappa shape index (κ2) is 10.2. The molecule has 0 bridgehead atoms. The van der Waals surface area contributed by atoms with E-state index in [0.717, 1.165) is 27.9 Å². The van der Waals surface area contributed by atoms with E-state index >= 15 is 0 Å². The van der Waals surface area contributed by atoms with Crippen LogP contribution in [0.4, 0.5) is 11.4 Å². The maximum Gasteiger partial charge on any atom is 0.346 e. The van der Waals surface area contributed by atoms with Gasteiger partial charge < -0.3 is 24.3 Å². The number of esters is 1. The molecule has 2 heterocycles. The van der Waals surface area contributed by atoms with E-state index in [9.17, 15) is 4.79 Å². The van der Waals surface area contributed by atoms with Gasteiger partial charge >= 0.3 is 5.97 Å². The Hall–Kier alpha value is -4.26. The van der Waals surface area contributed by atoms with Gasteiger partial charge in [-0.3, -0.25) is 0 Å². The van der Waals surface area contributed by atoms with Gasteiger partial charge in [-0.2, -0.15) is 4.57 Å². The number of ether oxygens (including phenoxy) is 4. The summed E-state index contributed by atoms with van der Waals surface area (Å²) in [6.45, 7) is 6.89. The van der Waals surface area contributed by atoms with Crippen LogP contribution in [0.25, 0.3) is 10.9 Å². The Morgan fingerprint density at radius 2 is 1.75 bits per heavy atom. The minimum atomic E-state index is -0.392. The van der Waals surface area contributed by atoms with Crippen molar-refractivity contribution in [2.45, 2.75) is 33.4 Å². The number of rotatable bonds is 8. The molecule has 3 aromatic carbocycles. The Labute approximate surface area is 210 Å². The van der Waals surface area contributed by atoms with Gasteiger partial charge in [0.1, 0.15) is 17.9 Å². The average Bonchev–Trinajstić information content (AvgIpc) is 3.35. The Kier molecular flexibility index (Phi) is 6.62. The van der Waals surface area contributed by atoms with Gasteiger partial charge in [-0.05, 0) is 50.6 Å². The predicted octanol–water partition coefficient (Wildman–Crippen LogP) is 5.94. The van der Waals surface area contributed by atoms with Crippen LogP contribution < -0.4 is 24.1 Å². The monoisotopic (exact) mass is 485 g/mol. The summed E-state index contributed by atoms with van der Waals surface area (Å²) in [5, 5.41) is 4.28. The van der Waals surface area contributed by atoms with E-state index < -0.39 is 5.97 Å². The zero-order valence-electron chi connectivity index (χ0n) is 20.6. The average molecular weight is 486 g/mol. The molecule has 36 heavy (non-hydrogen) atoms. The lowest BCUT2D eigenvalue weighted by Crippen LogP contribution is -2.38. The summed E-state index contributed by atoms with van der Waals surface area (Å²) in [4.78, 5) is 13.0. The maximum absolute atomic E-state index is 13.0. The Morgan fingerprint density at radius 1 is 1.03 bits per heavy atom. The highest BCUT2D eigenvalue weighted by atomic mass is 16.7. The SMILES string of the molecule is CCOC(=O)c1c[n+](C(C)C)c2cc3c(cc2c1Nc1ccc(OCc2ccccc2)cc1)OCO3. The van der Waals surface area contributed by atoms with Crippen molar-refractivity contribution in [3.8, 4) is 17.2 Å². The normalized spacial score (nSPS) is 12.1. The molecule has 0 fully saturated rings. The first kappa shape index (κ1) is 23.5. The van der Waals surface area contributed by atoms with Gasteiger partial charge in [-0.15, -0.1) is 0 Å². The standard InChI is InChI=1S/C29H28N2O5/c1-4-33-29(32)24-16-31(19(2)3)25-15-27-26(35-18-36-27)14-23(25)28(24)30-21-10-12-22(13-11-21)34-17-20-8-6-5-7-9-20/h5-16,19H,4,17-18H2,1-3H3/p+1. The first-order chi connectivity index (χ1) is 17.5. The topological polar surface area (TPSA) is 69.9 Å². The smallest absolute Gasteiger partial charge is 0.346 e. The van der Waals surface area contributed by atoms with Gasteiger partial charge in [0.25, 0.3) is 0 Å². The maximum atomic E-state index is 13.0. The zero-order valence-corrected chi connectivity index (χ0v) is 20.6. The summed E-state index contributed by atoms with van der Waals surface area (Å²) in [6.07, 6.45) is 1.84. The first-order valence-electron chi connectivity index (χ1n) is 12.1. The molecule has 7 heteroatoms. The van der Waals surface area contributed by atoms with E-state index in [1.807, 2.05) is 72.9 Å². The van der Waals surface area contributed by atoms with Crippen LogP contribution in [0.3, 0.4) is 0 Å². The van der Waals surface area contributed by atoms with Gasteiger partial charge in [-0.25, -0.2) is 4.79 Å². The second-order valence-electron chi connectivity index (χ2n) is 8.79. The minimum absolute atomic E-state index is 0.108. The molecule has 184 valence electrons. The molecular formula is C29H29N2O5+. The molecule has 1 N–H and O–H groups in total. The van der Waals surface area contributed by atoms with Crippen LogP contribution in [0.1, 0.15) is 42.7 Å². The number of nitrogens with one attached hydrogen (secondary N) is 1. The molecule has 0 unspecified atom stereocenters. The number of anilines is 2. The lowest BCUT2D eigenvalue weighted by atomic mass is 10.1. The highest BCUT2D eigenvalue weighted by molar-refractivity contribution is 6.05. The number of benzene rings is 3. The molecule has 0 radical (unpaired) electrons. The van der Waals surface area contributed by atoms with Crippen molar-refractivity contribution >= 4 is 28.2 Å². The Balaban J connectivity index is 1.52. The van der Waals surface area contributed by atoms with E-state index in [2.05, 4.69) is 23.7 Å². The van der Waals surface area contributed by atoms with Gasteiger partial charge in [0.05, 0.1) is 23.7 Å². The first-order valence-corrected chi connectivity index (χ1v) is 12.1. The second-order valence-corrected chi connectivity index (χ2v) is 8.79. The van der Waals surface area contributed by atoms with Crippen molar-refractivity contribution in [1.82, 2.24) is 0 Å². The molecular weight excluding hydrogens is 456 g/mol. The third kappa shape index (κ3) is 4.77. The van der Waals surface area contributed by atoms with Gasteiger partial charge in [-0.1, -0.05) is 30.3 Å². The summed E-state index contributed by atoms with van der Waals surface area (Å²) >= 11 is 0. The number of pyridine rings is 1. The highest BCUT2D eigenvalue weighted by Gasteiger charge is 2.28. The number of nitrogens with zero attached hydrogens (tertiary/aromatic N) is 1. The highest BCUT2D eigenvalue weighted by Crippen LogP contribution is 2.39. The summed E-state index contributed by atoms with van der Waals surface area (Å²) < 4.78 is 24.6. The Morgan fingerprint density at radius 3 is 2.44 bits per heavy atom. The van der Waals surface area contributed by atoms with Crippen LogP contribution >= 0.6 is 0 Å². The quantitative estimate of drug-likeness (QED) is 0.246. The number of aromatic nitrogens is 1. The molecule has 1 aromatic heterocycles. The molecule has 5 rings (SSSR count). The Bertz CT molecular complexity index is 1380. The summed E-state index contributed by atoms with van der Waals surface area (Å²) in [5.41, 5.74) is 3.94. The molecule has 0 atom stereocenters. The zero-order chi connectivity index (χ0) is 25.1. The van der Waals surface area contributed by atoms with Crippen molar-refractivity contribution in [1.29, 1.82) is 0 Å². The molecule has 4 aromatic rings. The summed E-state index contributed by atoms with van der Waals surface area (Å²) in [6, 6.07) is 21.7. The molecule has 1 aliphatic heterocycles. The molecule has 0 saturated heterocycles. The number of fused-ring (bicyclic) bond motifs is 2. The van der Waals surface area contributed by atoms with Crippen LogP contribution in [0.5, 0.6) is 17.2 Å². The van der Waals surface area contributed by atoms with Crippen LogP contribution in [0.15, 0.2) is 72.9 Å². The van der Waals surface area contributed by atoms with E-state index in [1.54, 1.807) is 6.92 Å². The van der Waals surface area contributed by atoms with E-state index in [-0.39, 0.29) is 19.4 Å². The fraction of sp³-hybridized carbons (Fsp3) is 0.241. The fourth-order valence-electron chi connectivity index (χ4n) is 4.21. The van der Waals surface area contributed by atoms with E-state index in [1.165, 1.54) is 0 Å². The summed E-state index contributed by atoms with van der Waals surface area (Å²) in [7, 11) is 0. The van der Waals surface area contributed by atoms with Gasteiger partial charge in [0.15, 0.2) is 23.7 Å². The molecule has 0 amide bonds. The van der Waals surface area contributed by atoms with Crippen LogP contribution in [-0.4, -0.2) is 19.4 Å². The van der Waals surface area contributed by atoms with Gasteiger partial charge in [0, 0.05) is 11.8 Å². The largest absolute Gasteiger partial charge is 0.489 e. The number of carbonyl (C=O) groups is 1. The third-order valence-corrected chi connectivity index (χ3v) is 6.00. The number of hydrogen-bond donors (Lipinski definition) is 1. The molecule has 0 saturated carbocycles. The van der Waals surface area contributed by atoms with Crippen LogP contribution in [0, 0.1) is 0 Å².